The molecule has 0 spiro atoms. The highest BCUT2D eigenvalue weighted by molar-refractivity contribution is 6.00. The molecule has 6 heteroatoms. The van der Waals surface area contributed by atoms with Crippen LogP contribution >= 0.6 is 0 Å². The summed E-state index contributed by atoms with van der Waals surface area (Å²) in [5.41, 5.74) is -0.949. The van der Waals surface area contributed by atoms with Crippen molar-refractivity contribution in [1.82, 2.24) is 4.98 Å². The molecule has 2 N–H and O–H groups in total. The van der Waals surface area contributed by atoms with E-state index in [0.717, 1.165) is 6.42 Å². The molecule has 0 saturated carbocycles. The summed E-state index contributed by atoms with van der Waals surface area (Å²) in [6.45, 7) is 5.88. The Hall–Kier alpha value is -1.98. The second-order valence-electron chi connectivity index (χ2n) is 5.48. The third-order valence-electron chi connectivity index (χ3n) is 3.39. The predicted molar refractivity (Wildman–Crippen MR) is 79.4 cm³/mol. The fourth-order valence-electron chi connectivity index (χ4n) is 2.07. The molecule has 1 rings (SSSR count). The molecule has 0 fully saturated rings. The maximum Gasteiger partial charge on any atom is 0.265 e. The minimum atomic E-state index is -0.674. The summed E-state index contributed by atoms with van der Waals surface area (Å²) >= 11 is 0. The average Bonchev–Trinajstić information content (AvgIpc) is 2.43. The van der Waals surface area contributed by atoms with Crippen LogP contribution in [0.3, 0.4) is 0 Å². The van der Waals surface area contributed by atoms with Gasteiger partial charge in [-0.1, -0.05) is 27.2 Å². The molecular weight excluding hydrogens is 274 g/mol. The van der Waals surface area contributed by atoms with Gasteiger partial charge in [0, 0.05) is 5.92 Å². The number of carbonyl (C=O) groups excluding carboxylic acids is 1. The van der Waals surface area contributed by atoms with Crippen LogP contribution in [0.2, 0.25) is 0 Å². The average molecular weight is 297 g/mol. The van der Waals surface area contributed by atoms with Crippen LogP contribution in [0, 0.1) is 11.8 Å². The SMILES string of the molecule is COc1[nH]c(=O)c(C(=O)C(C)CCC(C)C)c(O)c1OC. The van der Waals surface area contributed by atoms with Crippen molar-refractivity contribution in [2.75, 3.05) is 14.2 Å². The monoisotopic (exact) mass is 297 g/mol. The molecule has 0 aliphatic carbocycles. The van der Waals surface area contributed by atoms with Gasteiger partial charge in [0.15, 0.2) is 11.5 Å². The number of ketones is 1. The second kappa shape index (κ2) is 7.15. The molecule has 0 bridgehead atoms. The Balaban J connectivity index is 3.18. The molecule has 0 amide bonds. The van der Waals surface area contributed by atoms with Gasteiger partial charge in [0.05, 0.1) is 14.2 Å². The lowest BCUT2D eigenvalue weighted by molar-refractivity contribution is 0.0915. The summed E-state index contributed by atoms with van der Waals surface area (Å²) in [6, 6.07) is 0. The third-order valence-corrected chi connectivity index (χ3v) is 3.39. The van der Waals surface area contributed by atoms with Gasteiger partial charge in [-0.05, 0) is 12.3 Å². The highest BCUT2D eigenvalue weighted by Gasteiger charge is 2.27. The normalized spacial score (nSPS) is 12.3. The highest BCUT2D eigenvalue weighted by Crippen LogP contribution is 2.36. The standard InChI is InChI=1S/C15H23NO5/c1-8(2)6-7-9(3)11(17)10-12(18)13(20-4)15(21-5)16-14(10)19/h8-9H,6-7H2,1-5H3,(H2,16,18,19). The molecule has 6 nitrogen and oxygen atoms in total. The van der Waals surface area contributed by atoms with Gasteiger partial charge >= 0.3 is 0 Å². The summed E-state index contributed by atoms with van der Waals surface area (Å²) in [5.74, 6) is -0.798. The Morgan fingerprint density at radius 1 is 1.19 bits per heavy atom. The van der Waals surface area contributed by atoms with Crippen molar-refractivity contribution in [3.8, 4) is 17.4 Å². The Kier molecular flexibility index (Phi) is 5.81. The zero-order valence-corrected chi connectivity index (χ0v) is 13.1. The number of ether oxygens (including phenoxy) is 2. The van der Waals surface area contributed by atoms with Crippen molar-refractivity contribution in [1.29, 1.82) is 0 Å². The van der Waals surface area contributed by atoms with E-state index >= 15 is 0 Å². The Morgan fingerprint density at radius 2 is 1.81 bits per heavy atom. The second-order valence-corrected chi connectivity index (χ2v) is 5.48. The van der Waals surface area contributed by atoms with Crippen LogP contribution in [0.4, 0.5) is 0 Å². The number of nitrogens with one attached hydrogen (secondary N) is 1. The van der Waals surface area contributed by atoms with Gasteiger partial charge < -0.3 is 14.6 Å². The summed E-state index contributed by atoms with van der Waals surface area (Å²) in [7, 11) is 2.66. The number of H-pyrrole nitrogens is 1. The number of rotatable bonds is 7. The van der Waals surface area contributed by atoms with Gasteiger partial charge in [-0.2, -0.15) is 0 Å². The van der Waals surface area contributed by atoms with Crippen molar-refractivity contribution >= 4 is 5.78 Å². The molecule has 0 aliphatic heterocycles. The van der Waals surface area contributed by atoms with Crippen LogP contribution < -0.4 is 15.0 Å². The molecule has 1 atom stereocenters. The maximum absolute atomic E-state index is 12.4. The molecule has 0 radical (unpaired) electrons. The summed E-state index contributed by atoms with van der Waals surface area (Å²) in [5, 5.41) is 10.1. The molecule has 0 aliphatic rings. The number of Topliss-reactive ketones (excluding diaryl/α,β-unsaturated/α-hetero) is 1. The fourth-order valence-corrected chi connectivity index (χ4v) is 2.07. The first-order valence-electron chi connectivity index (χ1n) is 6.94. The van der Waals surface area contributed by atoms with Crippen LogP contribution in [0.25, 0.3) is 0 Å². The topological polar surface area (TPSA) is 88.6 Å². The first-order chi connectivity index (χ1) is 9.83. The van der Waals surface area contributed by atoms with Gasteiger partial charge in [0.25, 0.3) is 5.56 Å². The highest BCUT2D eigenvalue weighted by atomic mass is 16.5. The molecule has 0 saturated heterocycles. The van der Waals surface area contributed by atoms with Gasteiger partial charge in [0.2, 0.25) is 11.6 Å². The minimum Gasteiger partial charge on any atom is -0.503 e. The van der Waals surface area contributed by atoms with Crippen molar-refractivity contribution < 1.29 is 19.4 Å². The molecular formula is C15H23NO5. The van der Waals surface area contributed by atoms with Crippen LogP contribution in [0.1, 0.15) is 44.0 Å². The van der Waals surface area contributed by atoms with Crippen molar-refractivity contribution in [2.45, 2.75) is 33.6 Å². The van der Waals surface area contributed by atoms with Crippen molar-refractivity contribution in [3.05, 3.63) is 15.9 Å². The number of aromatic hydroxyl groups is 1. The molecule has 1 aromatic heterocycles. The number of aromatic nitrogens is 1. The number of aromatic amines is 1. The Morgan fingerprint density at radius 3 is 2.29 bits per heavy atom. The predicted octanol–water partition coefficient (Wildman–Crippen LogP) is 2.35. The van der Waals surface area contributed by atoms with Crippen LogP contribution in [0.5, 0.6) is 17.4 Å². The van der Waals surface area contributed by atoms with Gasteiger partial charge in [-0.25, -0.2) is 0 Å². The number of carbonyl (C=O) groups is 1. The summed E-state index contributed by atoms with van der Waals surface area (Å²) < 4.78 is 9.91. The zero-order chi connectivity index (χ0) is 16.2. The first kappa shape index (κ1) is 17.1. The third kappa shape index (κ3) is 3.77. The number of pyridine rings is 1. The lowest BCUT2D eigenvalue weighted by atomic mass is 9.92. The van der Waals surface area contributed by atoms with E-state index in [4.69, 9.17) is 9.47 Å². The maximum atomic E-state index is 12.4. The Bertz CT molecular complexity index is 562. The van der Waals surface area contributed by atoms with Crippen molar-refractivity contribution in [3.63, 3.8) is 0 Å². The summed E-state index contributed by atoms with van der Waals surface area (Å²) in [6.07, 6.45) is 1.53. The first-order valence-corrected chi connectivity index (χ1v) is 6.94. The molecule has 1 heterocycles. The van der Waals surface area contributed by atoms with Crippen molar-refractivity contribution in [2.24, 2.45) is 11.8 Å². The zero-order valence-electron chi connectivity index (χ0n) is 13.1. The van der Waals surface area contributed by atoms with Gasteiger partial charge in [0.1, 0.15) is 5.56 Å². The fraction of sp³-hybridized carbons (Fsp3) is 0.600. The number of methoxy groups -OCH3 is 2. The van der Waals surface area contributed by atoms with Gasteiger partial charge in [-0.15, -0.1) is 0 Å². The van der Waals surface area contributed by atoms with E-state index in [0.29, 0.717) is 12.3 Å². The lowest BCUT2D eigenvalue weighted by Crippen LogP contribution is -2.23. The van der Waals surface area contributed by atoms with E-state index in [-0.39, 0.29) is 23.1 Å². The van der Waals surface area contributed by atoms with E-state index in [1.54, 1.807) is 6.92 Å². The van der Waals surface area contributed by atoms with E-state index in [9.17, 15) is 14.7 Å². The molecule has 0 aromatic carbocycles. The largest absolute Gasteiger partial charge is 0.503 e. The van der Waals surface area contributed by atoms with Crippen LogP contribution in [0.15, 0.2) is 4.79 Å². The molecule has 1 unspecified atom stereocenters. The van der Waals surface area contributed by atoms with E-state index in [2.05, 4.69) is 18.8 Å². The lowest BCUT2D eigenvalue weighted by Gasteiger charge is -2.15. The minimum absolute atomic E-state index is 0.00798. The molecule has 118 valence electrons. The van der Waals surface area contributed by atoms with E-state index in [1.807, 2.05) is 0 Å². The number of hydrogen-bond donors (Lipinski definition) is 2. The summed E-state index contributed by atoms with van der Waals surface area (Å²) in [4.78, 5) is 26.8. The smallest absolute Gasteiger partial charge is 0.265 e. The molecule has 1 aromatic rings. The van der Waals surface area contributed by atoms with E-state index < -0.39 is 17.1 Å². The Labute approximate surface area is 124 Å². The van der Waals surface area contributed by atoms with Crippen LogP contribution in [-0.2, 0) is 0 Å². The van der Waals surface area contributed by atoms with E-state index in [1.165, 1.54) is 14.2 Å². The molecule has 21 heavy (non-hydrogen) atoms. The van der Waals surface area contributed by atoms with Crippen LogP contribution in [-0.4, -0.2) is 30.1 Å². The number of hydrogen-bond acceptors (Lipinski definition) is 5. The van der Waals surface area contributed by atoms with Gasteiger partial charge in [-0.3, -0.25) is 14.6 Å². The quantitative estimate of drug-likeness (QED) is 0.754.